The van der Waals surface area contributed by atoms with Crippen LogP contribution in [0.25, 0.3) is 0 Å². The molecule has 28 heavy (non-hydrogen) atoms. The first kappa shape index (κ1) is 19.1. The van der Waals surface area contributed by atoms with Gasteiger partial charge in [-0.2, -0.15) is 4.31 Å². The molecular weight excluding hydrogens is 374 g/mol. The van der Waals surface area contributed by atoms with Gasteiger partial charge in [-0.3, -0.25) is 0 Å². The molecule has 1 aromatic heterocycles. The van der Waals surface area contributed by atoms with Crippen molar-refractivity contribution >= 4 is 21.7 Å². The topological polar surface area (TPSA) is 69.6 Å². The van der Waals surface area contributed by atoms with Gasteiger partial charge in [0.05, 0.1) is 5.75 Å². The van der Waals surface area contributed by atoms with E-state index < -0.39 is 10.0 Å². The van der Waals surface area contributed by atoms with E-state index in [1.54, 1.807) is 10.6 Å². The van der Waals surface area contributed by atoms with E-state index in [2.05, 4.69) is 19.8 Å². The molecular formula is C20H27N5O2S. The van der Waals surface area contributed by atoms with E-state index in [-0.39, 0.29) is 5.75 Å². The largest absolute Gasteiger partial charge is 0.356 e. The normalized spacial score (nSPS) is 19.0. The van der Waals surface area contributed by atoms with Crippen LogP contribution in [-0.2, 0) is 15.8 Å². The number of piperidine rings is 1. The van der Waals surface area contributed by atoms with Crippen LogP contribution < -0.4 is 9.80 Å². The number of anilines is 2. The minimum absolute atomic E-state index is 0.0560. The number of benzene rings is 1. The molecule has 2 fully saturated rings. The first-order valence-corrected chi connectivity index (χ1v) is 11.6. The molecule has 150 valence electrons. The zero-order chi connectivity index (χ0) is 19.4. The summed E-state index contributed by atoms with van der Waals surface area (Å²) in [5, 5.41) is 0. The van der Waals surface area contributed by atoms with E-state index in [1.165, 1.54) is 19.3 Å². The Hall–Kier alpha value is -2.19. The Balaban J connectivity index is 1.39. The monoisotopic (exact) mass is 401 g/mol. The lowest BCUT2D eigenvalue weighted by Crippen LogP contribution is -2.49. The minimum Gasteiger partial charge on any atom is -0.356 e. The third kappa shape index (κ3) is 4.44. The van der Waals surface area contributed by atoms with Crippen LogP contribution in [0.15, 0.2) is 42.7 Å². The second-order valence-electron chi connectivity index (χ2n) is 7.41. The Bertz CT molecular complexity index is 876. The van der Waals surface area contributed by atoms with Crippen LogP contribution in [-0.4, -0.2) is 62.0 Å². The van der Waals surface area contributed by atoms with Crippen LogP contribution in [0, 0.1) is 0 Å². The summed E-state index contributed by atoms with van der Waals surface area (Å²) in [5.41, 5.74) is 0.826. The summed E-state index contributed by atoms with van der Waals surface area (Å²) in [5.74, 6) is 1.92. The highest BCUT2D eigenvalue weighted by molar-refractivity contribution is 7.88. The summed E-state index contributed by atoms with van der Waals surface area (Å²) >= 11 is 0. The third-order valence-electron chi connectivity index (χ3n) is 5.47. The van der Waals surface area contributed by atoms with Gasteiger partial charge in [-0.1, -0.05) is 30.3 Å². The summed E-state index contributed by atoms with van der Waals surface area (Å²) in [6.07, 6.45) is 5.32. The Morgan fingerprint density at radius 1 is 0.786 bits per heavy atom. The van der Waals surface area contributed by atoms with E-state index in [0.717, 1.165) is 30.3 Å². The van der Waals surface area contributed by atoms with Crippen molar-refractivity contribution in [2.45, 2.75) is 25.0 Å². The highest BCUT2D eigenvalue weighted by Gasteiger charge is 2.28. The smallest absolute Gasteiger partial charge is 0.218 e. The van der Waals surface area contributed by atoms with E-state index in [1.807, 2.05) is 36.4 Å². The number of rotatable bonds is 5. The van der Waals surface area contributed by atoms with Crippen LogP contribution >= 0.6 is 0 Å². The quantitative estimate of drug-likeness (QED) is 0.764. The molecule has 2 saturated heterocycles. The molecule has 0 aliphatic carbocycles. The molecule has 4 rings (SSSR count). The fraction of sp³-hybridized carbons (Fsp3) is 0.500. The van der Waals surface area contributed by atoms with E-state index in [9.17, 15) is 8.42 Å². The SMILES string of the molecule is O=S(=O)(Cc1ccccc1)N1CCN(c2cc(N3CCCCC3)ncn2)CC1. The molecule has 0 atom stereocenters. The van der Waals surface area contributed by atoms with Gasteiger partial charge in [0.1, 0.15) is 18.0 Å². The molecule has 0 bridgehead atoms. The lowest BCUT2D eigenvalue weighted by atomic mass is 10.1. The summed E-state index contributed by atoms with van der Waals surface area (Å²) in [4.78, 5) is 13.3. The highest BCUT2D eigenvalue weighted by atomic mass is 32.2. The highest BCUT2D eigenvalue weighted by Crippen LogP contribution is 2.23. The van der Waals surface area contributed by atoms with Crippen molar-refractivity contribution in [2.24, 2.45) is 0 Å². The molecule has 0 amide bonds. The van der Waals surface area contributed by atoms with Gasteiger partial charge >= 0.3 is 0 Å². The second-order valence-corrected chi connectivity index (χ2v) is 9.38. The van der Waals surface area contributed by atoms with Gasteiger partial charge in [-0.15, -0.1) is 0 Å². The van der Waals surface area contributed by atoms with Gasteiger partial charge in [0.2, 0.25) is 10.0 Å². The summed E-state index contributed by atoms with van der Waals surface area (Å²) < 4.78 is 27.1. The van der Waals surface area contributed by atoms with Crippen molar-refractivity contribution in [3.05, 3.63) is 48.3 Å². The first-order valence-electron chi connectivity index (χ1n) is 9.95. The zero-order valence-electron chi connectivity index (χ0n) is 16.1. The average Bonchev–Trinajstić information content (AvgIpc) is 2.75. The fourth-order valence-electron chi connectivity index (χ4n) is 3.88. The maximum atomic E-state index is 12.7. The predicted molar refractivity (Wildman–Crippen MR) is 111 cm³/mol. The van der Waals surface area contributed by atoms with Gasteiger partial charge in [-0.25, -0.2) is 18.4 Å². The van der Waals surface area contributed by atoms with Gasteiger partial charge in [0, 0.05) is 45.3 Å². The second kappa shape index (κ2) is 8.45. The van der Waals surface area contributed by atoms with Crippen LogP contribution in [0.1, 0.15) is 24.8 Å². The van der Waals surface area contributed by atoms with Crippen molar-refractivity contribution in [3.8, 4) is 0 Å². The Morgan fingerprint density at radius 3 is 2.04 bits per heavy atom. The Morgan fingerprint density at radius 2 is 1.39 bits per heavy atom. The van der Waals surface area contributed by atoms with E-state index in [0.29, 0.717) is 26.2 Å². The average molecular weight is 402 g/mol. The van der Waals surface area contributed by atoms with Crippen LogP contribution in [0.2, 0.25) is 0 Å². The number of aromatic nitrogens is 2. The van der Waals surface area contributed by atoms with Crippen molar-refractivity contribution in [1.82, 2.24) is 14.3 Å². The molecule has 0 radical (unpaired) electrons. The predicted octanol–water partition coefficient (Wildman–Crippen LogP) is 2.12. The summed E-state index contributed by atoms with van der Waals surface area (Å²) in [7, 11) is -3.30. The van der Waals surface area contributed by atoms with Crippen molar-refractivity contribution in [1.29, 1.82) is 0 Å². The summed E-state index contributed by atoms with van der Waals surface area (Å²) in [6, 6.07) is 11.4. The molecule has 2 aliphatic rings. The molecule has 0 unspecified atom stereocenters. The standard InChI is InChI=1S/C20H27N5O2S/c26-28(27,16-18-7-3-1-4-8-18)25-13-11-24(12-14-25)20-15-19(21-17-22-20)23-9-5-2-6-10-23/h1,3-4,7-8,15,17H,2,5-6,9-14,16H2. The molecule has 0 saturated carbocycles. The van der Waals surface area contributed by atoms with Crippen molar-refractivity contribution in [3.63, 3.8) is 0 Å². The molecule has 2 aliphatic heterocycles. The minimum atomic E-state index is -3.30. The van der Waals surface area contributed by atoms with E-state index >= 15 is 0 Å². The first-order chi connectivity index (χ1) is 13.6. The molecule has 3 heterocycles. The maximum absolute atomic E-state index is 12.7. The fourth-order valence-corrected chi connectivity index (χ4v) is 5.39. The molecule has 2 aromatic rings. The van der Waals surface area contributed by atoms with Gasteiger partial charge in [0.15, 0.2) is 0 Å². The van der Waals surface area contributed by atoms with E-state index in [4.69, 9.17) is 0 Å². The molecule has 0 spiro atoms. The Kier molecular flexibility index (Phi) is 5.77. The number of piperazine rings is 1. The molecule has 8 heteroatoms. The molecule has 7 nitrogen and oxygen atoms in total. The molecule has 1 aromatic carbocycles. The van der Waals surface area contributed by atoms with Crippen molar-refractivity contribution < 1.29 is 8.42 Å². The third-order valence-corrected chi connectivity index (χ3v) is 7.32. The van der Waals surface area contributed by atoms with Crippen LogP contribution in [0.4, 0.5) is 11.6 Å². The van der Waals surface area contributed by atoms with Gasteiger partial charge in [-0.05, 0) is 24.8 Å². The number of hydrogen-bond donors (Lipinski definition) is 0. The lowest BCUT2D eigenvalue weighted by molar-refractivity contribution is 0.383. The number of nitrogens with zero attached hydrogens (tertiary/aromatic N) is 5. The number of sulfonamides is 1. The number of hydrogen-bond acceptors (Lipinski definition) is 6. The zero-order valence-corrected chi connectivity index (χ0v) is 16.9. The Labute approximate surface area is 167 Å². The molecule has 0 N–H and O–H groups in total. The van der Waals surface area contributed by atoms with Crippen molar-refractivity contribution in [2.75, 3.05) is 49.1 Å². The lowest BCUT2D eigenvalue weighted by Gasteiger charge is -2.35. The van der Waals surface area contributed by atoms with Gasteiger partial charge in [0.25, 0.3) is 0 Å². The van der Waals surface area contributed by atoms with Gasteiger partial charge < -0.3 is 9.80 Å². The van der Waals surface area contributed by atoms with Crippen LogP contribution in [0.5, 0.6) is 0 Å². The summed E-state index contributed by atoms with van der Waals surface area (Å²) in [6.45, 7) is 4.34. The van der Waals surface area contributed by atoms with Crippen LogP contribution in [0.3, 0.4) is 0 Å². The maximum Gasteiger partial charge on any atom is 0.218 e.